The first-order valence-corrected chi connectivity index (χ1v) is 11.4. The van der Waals surface area contributed by atoms with E-state index in [2.05, 4.69) is 10.4 Å². The smallest absolute Gasteiger partial charge is 0.249 e. The number of anilines is 2. The van der Waals surface area contributed by atoms with E-state index in [1.807, 2.05) is 42.5 Å². The first-order valence-electron chi connectivity index (χ1n) is 11.4. The Hall–Kier alpha value is -4.46. The van der Waals surface area contributed by atoms with Crippen molar-refractivity contribution in [1.82, 2.24) is 5.01 Å². The van der Waals surface area contributed by atoms with Gasteiger partial charge < -0.3 is 10.1 Å². The van der Waals surface area contributed by atoms with Crippen molar-refractivity contribution in [3.8, 4) is 5.75 Å². The van der Waals surface area contributed by atoms with Gasteiger partial charge in [-0.15, -0.1) is 0 Å². The third-order valence-corrected chi connectivity index (χ3v) is 6.93. The second-order valence-corrected chi connectivity index (χ2v) is 8.73. The van der Waals surface area contributed by atoms with E-state index in [4.69, 9.17) is 4.74 Å². The number of rotatable bonds is 4. The summed E-state index contributed by atoms with van der Waals surface area (Å²) in [6, 6.07) is 22.1. The quantitative estimate of drug-likeness (QED) is 0.597. The van der Waals surface area contributed by atoms with Gasteiger partial charge in [0, 0.05) is 5.69 Å². The fraction of sp³-hybridized carbons (Fsp3) is 0.185. The van der Waals surface area contributed by atoms with Gasteiger partial charge in [0.15, 0.2) is 0 Å². The normalized spacial score (nSPS) is 24.1. The molecule has 2 fully saturated rings. The highest BCUT2D eigenvalue weighted by atomic mass is 16.5. The van der Waals surface area contributed by atoms with Crippen LogP contribution in [0, 0.1) is 11.8 Å². The summed E-state index contributed by atoms with van der Waals surface area (Å²) >= 11 is 0. The van der Waals surface area contributed by atoms with Gasteiger partial charge in [-0.2, -0.15) is 5.10 Å². The summed E-state index contributed by atoms with van der Waals surface area (Å²) in [6.45, 7) is 0. The van der Waals surface area contributed by atoms with Crippen LogP contribution in [0.1, 0.15) is 17.2 Å². The number of hydrazone groups is 1. The first kappa shape index (κ1) is 21.1. The molecule has 3 heterocycles. The van der Waals surface area contributed by atoms with Crippen molar-refractivity contribution in [1.29, 1.82) is 0 Å². The number of carbonyl (C=O) groups is 3. The first-order chi connectivity index (χ1) is 17.1. The Morgan fingerprint density at radius 2 is 1.57 bits per heavy atom. The number of benzene rings is 3. The molecule has 6 rings (SSSR count). The molecule has 0 aromatic heterocycles. The second-order valence-electron chi connectivity index (χ2n) is 8.73. The molecule has 3 aliphatic heterocycles. The summed E-state index contributed by atoms with van der Waals surface area (Å²) in [7, 11) is 1.49. The maximum atomic E-state index is 13.9. The van der Waals surface area contributed by atoms with Crippen LogP contribution in [0.4, 0.5) is 11.4 Å². The molecule has 4 atom stereocenters. The predicted octanol–water partition coefficient (Wildman–Crippen LogP) is 3.21. The molecular weight excluding hydrogens is 444 g/mol. The number of nitrogens with zero attached hydrogens (tertiary/aromatic N) is 3. The van der Waals surface area contributed by atoms with Crippen LogP contribution >= 0.6 is 0 Å². The Balaban J connectivity index is 1.46. The number of hydrogen-bond donors (Lipinski definition) is 1. The zero-order chi connectivity index (χ0) is 24.1. The molecule has 8 nitrogen and oxygen atoms in total. The van der Waals surface area contributed by atoms with Crippen molar-refractivity contribution in [2.45, 2.75) is 12.1 Å². The molecule has 2 saturated heterocycles. The molecule has 3 amide bonds. The number of methoxy groups -OCH3 is 1. The fourth-order valence-corrected chi connectivity index (χ4v) is 5.46. The maximum absolute atomic E-state index is 13.9. The molecular formula is C27H22N4O4. The standard InChI is InChI=1S/C27H22N4O4/c1-35-20-14-8-7-13-19(20)30-26(33)21-22(27(30)34)24(25(32)29-17-10-3-2-4-11-17)31-23(21)18-12-6-5-9-16(18)15-28-31/h2-15,21-24H,1H3,(H,29,32)/t21-,22+,23?,24-/m1/s1. The van der Waals surface area contributed by atoms with Crippen molar-refractivity contribution in [3.05, 3.63) is 90.0 Å². The average Bonchev–Trinajstić information content (AvgIpc) is 3.37. The highest BCUT2D eigenvalue weighted by Gasteiger charge is 2.65. The van der Waals surface area contributed by atoms with Gasteiger partial charge in [-0.25, -0.2) is 4.90 Å². The van der Waals surface area contributed by atoms with Crippen molar-refractivity contribution in [3.63, 3.8) is 0 Å². The number of ether oxygens (including phenoxy) is 1. The Kier molecular flexibility index (Phi) is 4.88. The van der Waals surface area contributed by atoms with E-state index in [0.717, 1.165) is 11.1 Å². The van der Waals surface area contributed by atoms with Gasteiger partial charge >= 0.3 is 0 Å². The zero-order valence-corrected chi connectivity index (χ0v) is 18.9. The summed E-state index contributed by atoms with van der Waals surface area (Å²) in [5, 5.41) is 9.09. The number of nitrogens with one attached hydrogen (secondary N) is 1. The van der Waals surface area contributed by atoms with E-state index < -0.39 is 29.8 Å². The van der Waals surface area contributed by atoms with Crippen LogP contribution in [0.3, 0.4) is 0 Å². The van der Waals surface area contributed by atoms with Crippen molar-refractivity contribution < 1.29 is 19.1 Å². The molecule has 1 N–H and O–H groups in total. The molecule has 35 heavy (non-hydrogen) atoms. The lowest BCUT2D eigenvalue weighted by Crippen LogP contribution is -2.46. The van der Waals surface area contributed by atoms with Crippen LogP contribution in [0.15, 0.2) is 84.0 Å². The van der Waals surface area contributed by atoms with Crippen LogP contribution in [0.5, 0.6) is 5.75 Å². The molecule has 0 aliphatic carbocycles. The molecule has 174 valence electrons. The van der Waals surface area contributed by atoms with E-state index in [9.17, 15) is 14.4 Å². The summed E-state index contributed by atoms with van der Waals surface area (Å²) in [4.78, 5) is 42.6. The fourth-order valence-electron chi connectivity index (χ4n) is 5.46. The zero-order valence-electron chi connectivity index (χ0n) is 18.9. The molecule has 3 aliphatic rings. The number of amides is 3. The van der Waals surface area contributed by atoms with Crippen molar-refractivity contribution >= 4 is 35.3 Å². The van der Waals surface area contributed by atoms with Gasteiger partial charge in [0.25, 0.3) is 0 Å². The van der Waals surface area contributed by atoms with Crippen molar-refractivity contribution in [2.24, 2.45) is 16.9 Å². The van der Waals surface area contributed by atoms with Crippen LogP contribution in [-0.4, -0.2) is 42.1 Å². The van der Waals surface area contributed by atoms with Gasteiger partial charge in [0.2, 0.25) is 17.7 Å². The minimum Gasteiger partial charge on any atom is -0.495 e. The van der Waals surface area contributed by atoms with Crippen LogP contribution in [0.25, 0.3) is 0 Å². The summed E-state index contributed by atoms with van der Waals surface area (Å²) in [6.07, 6.45) is 1.68. The number of carbonyl (C=O) groups excluding carboxylic acids is 3. The minimum atomic E-state index is -0.953. The van der Waals surface area contributed by atoms with E-state index in [1.165, 1.54) is 12.0 Å². The Bertz CT molecular complexity index is 1370. The third kappa shape index (κ3) is 3.13. The van der Waals surface area contributed by atoms with Crippen LogP contribution in [-0.2, 0) is 14.4 Å². The molecule has 1 unspecified atom stereocenters. The number of hydrogen-bond acceptors (Lipinski definition) is 6. The lowest BCUT2D eigenvalue weighted by Gasteiger charge is -2.33. The van der Waals surface area contributed by atoms with Gasteiger partial charge in [-0.05, 0) is 35.4 Å². The minimum absolute atomic E-state index is 0.360. The Morgan fingerprint density at radius 1 is 0.886 bits per heavy atom. The molecule has 3 aromatic carbocycles. The molecule has 0 saturated carbocycles. The van der Waals surface area contributed by atoms with Crippen molar-refractivity contribution in [2.75, 3.05) is 17.3 Å². The van der Waals surface area contributed by atoms with Crippen LogP contribution in [0.2, 0.25) is 0 Å². The topological polar surface area (TPSA) is 91.3 Å². The van der Waals surface area contributed by atoms with Gasteiger partial charge in [-0.3, -0.25) is 19.4 Å². The van der Waals surface area contributed by atoms with Crippen LogP contribution < -0.4 is 15.0 Å². The predicted molar refractivity (Wildman–Crippen MR) is 130 cm³/mol. The van der Waals surface area contributed by atoms with Gasteiger partial charge in [-0.1, -0.05) is 54.6 Å². The maximum Gasteiger partial charge on any atom is 0.249 e. The summed E-state index contributed by atoms with van der Waals surface area (Å²) in [5.74, 6) is -2.42. The Morgan fingerprint density at radius 3 is 2.37 bits per heavy atom. The molecule has 0 bridgehead atoms. The molecule has 0 radical (unpaired) electrons. The van der Waals surface area contributed by atoms with Gasteiger partial charge in [0.05, 0.1) is 36.9 Å². The molecule has 0 spiro atoms. The Labute approximate surface area is 201 Å². The SMILES string of the molecule is COc1ccccc1N1C(=O)[C@H]2[C@@H](C1=O)C1c3ccccc3C=NN1[C@H]2C(=O)Nc1ccccc1. The monoisotopic (exact) mass is 466 g/mol. The lowest BCUT2D eigenvalue weighted by atomic mass is 9.85. The van der Waals surface area contributed by atoms with E-state index in [1.54, 1.807) is 47.6 Å². The number of imide groups is 1. The molecule has 3 aromatic rings. The lowest BCUT2D eigenvalue weighted by molar-refractivity contribution is -0.129. The summed E-state index contributed by atoms with van der Waals surface area (Å²) in [5.41, 5.74) is 2.72. The highest BCUT2D eigenvalue weighted by Crippen LogP contribution is 2.53. The van der Waals surface area contributed by atoms with Gasteiger partial charge in [0.1, 0.15) is 11.8 Å². The molecule has 8 heteroatoms. The van der Waals surface area contributed by atoms with E-state index in [-0.39, 0.29) is 11.8 Å². The number of fused-ring (bicyclic) bond motifs is 5. The highest BCUT2D eigenvalue weighted by molar-refractivity contribution is 6.25. The van der Waals surface area contributed by atoms with E-state index >= 15 is 0 Å². The largest absolute Gasteiger partial charge is 0.495 e. The van der Waals surface area contributed by atoms with E-state index in [0.29, 0.717) is 17.1 Å². The number of para-hydroxylation sites is 3. The third-order valence-electron chi connectivity index (χ3n) is 6.93. The summed E-state index contributed by atoms with van der Waals surface area (Å²) < 4.78 is 5.43. The average molecular weight is 466 g/mol. The second kappa shape index (κ2) is 8.09.